The van der Waals surface area contributed by atoms with Gasteiger partial charge < -0.3 is 9.13 Å². The molecule has 2 heterocycles. The Bertz CT molecular complexity index is 2740. The van der Waals surface area contributed by atoms with Crippen LogP contribution in [0.4, 0.5) is 0 Å². The molecule has 2 aromatic heterocycles. The minimum atomic E-state index is 0.351. The van der Waals surface area contributed by atoms with Crippen LogP contribution in [0.2, 0.25) is 0 Å². The lowest BCUT2D eigenvalue weighted by Crippen LogP contribution is -2.07. The second kappa shape index (κ2) is 9.07. The second-order valence-electron chi connectivity index (χ2n) is 11.1. The molecule has 4 heteroatoms. The number of benzene rings is 7. The van der Waals surface area contributed by atoms with Gasteiger partial charge in [-0.2, -0.15) is 10.5 Å². The standard InChI is InChI=1S/C40H22N4/c41-23-27-19-22-37(43-33-15-7-5-13-30(33)38-28-11-3-1-9-25(28)17-20-35(38)43)40(32(27)24-42)44-34-16-8-6-14-31(34)39-29-12-4-2-10-26(29)18-21-36(39)44/h1-22H. The first-order valence-electron chi connectivity index (χ1n) is 14.6. The van der Waals surface area contributed by atoms with Crippen molar-refractivity contribution in [2.24, 2.45) is 0 Å². The van der Waals surface area contributed by atoms with Crippen LogP contribution < -0.4 is 0 Å². The Morgan fingerprint density at radius 1 is 0.409 bits per heavy atom. The number of fused-ring (bicyclic) bond motifs is 10. The van der Waals surface area contributed by atoms with Gasteiger partial charge in [0.1, 0.15) is 12.1 Å². The highest BCUT2D eigenvalue weighted by molar-refractivity contribution is 6.23. The molecule has 0 bridgehead atoms. The molecule has 0 atom stereocenters. The molecule has 0 fully saturated rings. The predicted molar refractivity (Wildman–Crippen MR) is 180 cm³/mol. The lowest BCUT2D eigenvalue weighted by molar-refractivity contribution is 1.08. The van der Waals surface area contributed by atoms with E-state index >= 15 is 0 Å². The molecular formula is C40H22N4. The summed E-state index contributed by atoms with van der Waals surface area (Å²) >= 11 is 0. The van der Waals surface area contributed by atoms with Crippen LogP contribution >= 0.6 is 0 Å². The van der Waals surface area contributed by atoms with E-state index in [-0.39, 0.29) is 0 Å². The number of nitrogens with zero attached hydrogens (tertiary/aromatic N) is 4. The fourth-order valence-corrected chi connectivity index (χ4v) is 7.17. The van der Waals surface area contributed by atoms with Crippen LogP contribution in [-0.4, -0.2) is 9.13 Å². The maximum Gasteiger partial charge on any atom is 0.103 e. The van der Waals surface area contributed by atoms with Crippen LogP contribution in [0, 0.1) is 22.7 Å². The van der Waals surface area contributed by atoms with Gasteiger partial charge in [0.05, 0.1) is 44.6 Å². The van der Waals surface area contributed by atoms with Crippen molar-refractivity contribution >= 4 is 65.2 Å². The van der Waals surface area contributed by atoms with Crippen molar-refractivity contribution in [3.8, 4) is 23.5 Å². The Morgan fingerprint density at radius 2 is 0.909 bits per heavy atom. The van der Waals surface area contributed by atoms with E-state index in [1.165, 1.54) is 16.2 Å². The maximum atomic E-state index is 10.7. The summed E-state index contributed by atoms with van der Waals surface area (Å²) in [5.74, 6) is 0. The molecule has 0 unspecified atom stereocenters. The first kappa shape index (κ1) is 24.3. The summed E-state index contributed by atoms with van der Waals surface area (Å²) in [6, 6.07) is 50.8. The molecule has 0 N–H and O–H groups in total. The zero-order valence-corrected chi connectivity index (χ0v) is 23.5. The van der Waals surface area contributed by atoms with Gasteiger partial charge in [-0.3, -0.25) is 0 Å². The van der Waals surface area contributed by atoms with Crippen LogP contribution in [0.25, 0.3) is 76.5 Å². The molecule has 0 amide bonds. The van der Waals surface area contributed by atoms with Crippen molar-refractivity contribution in [3.63, 3.8) is 0 Å². The Hall–Kier alpha value is -6.36. The topological polar surface area (TPSA) is 57.4 Å². The average molecular weight is 559 g/mol. The van der Waals surface area contributed by atoms with Crippen molar-refractivity contribution in [2.75, 3.05) is 0 Å². The summed E-state index contributed by atoms with van der Waals surface area (Å²) in [4.78, 5) is 0. The minimum Gasteiger partial charge on any atom is -0.307 e. The van der Waals surface area contributed by atoms with Crippen molar-refractivity contribution in [2.45, 2.75) is 0 Å². The van der Waals surface area contributed by atoms with E-state index in [1.807, 2.05) is 12.1 Å². The van der Waals surface area contributed by atoms with Gasteiger partial charge in [-0.05, 0) is 57.9 Å². The van der Waals surface area contributed by atoms with E-state index < -0.39 is 0 Å². The number of hydrogen-bond acceptors (Lipinski definition) is 2. The molecule has 0 radical (unpaired) electrons. The van der Waals surface area contributed by atoms with Gasteiger partial charge in [0.15, 0.2) is 0 Å². The number of hydrogen-bond donors (Lipinski definition) is 0. The summed E-state index contributed by atoms with van der Waals surface area (Å²) in [5, 5.41) is 30.1. The molecule has 0 aliphatic carbocycles. The van der Waals surface area contributed by atoms with Gasteiger partial charge in [-0.1, -0.05) is 97.1 Å². The van der Waals surface area contributed by atoms with Crippen LogP contribution in [0.5, 0.6) is 0 Å². The van der Waals surface area contributed by atoms with E-state index in [4.69, 9.17) is 0 Å². The van der Waals surface area contributed by atoms with Crippen molar-refractivity contribution < 1.29 is 0 Å². The fourth-order valence-electron chi connectivity index (χ4n) is 7.17. The minimum absolute atomic E-state index is 0.351. The Morgan fingerprint density at radius 3 is 1.48 bits per heavy atom. The highest BCUT2D eigenvalue weighted by Gasteiger charge is 2.24. The molecule has 9 aromatic rings. The van der Waals surface area contributed by atoms with Gasteiger partial charge in [0.25, 0.3) is 0 Å². The summed E-state index contributed by atoms with van der Waals surface area (Å²) in [5.41, 5.74) is 6.31. The molecule has 0 spiro atoms. The van der Waals surface area contributed by atoms with Gasteiger partial charge in [-0.15, -0.1) is 0 Å². The van der Waals surface area contributed by atoms with Crippen molar-refractivity contribution in [3.05, 3.63) is 145 Å². The van der Waals surface area contributed by atoms with Crippen LogP contribution in [-0.2, 0) is 0 Å². The third kappa shape index (κ3) is 3.14. The number of para-hydroxylation sites is 2. The fraction of sp³-hybridized carbons (Fsp3) is 0. The van der Waals surface area contributed by atoms with E-state index in [9.17, 15) is 10.5 Å². The van der Waals surface area contributed by atoms with E-state index in [1.54, 1.807) is 6.07 Å². The molecule has 0 saturated carbocycles. The average Bonchev–Trinajstić information content (AvgIpc) is 3.61. The second-order valence-corrected chi connectivity index (χ2v) is 11.1. The summed E-state index contributed by atoms with van der Waals surface area (Å²) < 4.78 is 4.45. The molecule has 9 rings (SSSR count). The summed E-state index contributed by atoms with van der Waals surface area (Å²) in [7, 11) is 0. The quantitative estimate of drug-likeness (QED) is 0.212. The lowest BCUT2D eigenvalue weighted by atomic mass is 10.0. The van der Waals surface area contributed by atoms with Gasteiger partial charge in [0.2, 0.25) is 0 Å². The molecule has 0 saturated heterocycles. The van der Waals surface area contributed by atoms with Gasteiger partial charge in [0, 0.05) is 21.5 Å². The van der Waals surface area contributed by atoms with E-state index in [2.05, 4.69) is 137 Å². The number of aromatic nitrogens is 2. The highest BCUT2D eigenvalue weighted by atomic mass is 15.1. The van der Waals surface area contributed by atoms with E-state index in [0.29, 0.717) is 16.8 Å². The molecule has 0 aliphatic rings. The number of nitriles is 2. The third-order valence-corrected chi connectivity index (χ3v) is 8.98. The first-order valence-corrected chi connectivity index (χ1v) is 14.6. The predicted octanol–water partition coefficient (Wildman–Crippen LogP) is 9.93. The van der Waals surface area contributed by atoms with E-state index in [0.717, 1.165) is 54.7 Å². The SMILES string of the molecule is N#Cc1ccc(-n2c3ccccc3c3c4ccccc4ccc32)c(-n2c3ccccc3c3c4ccccc4ccc32)c1C#N. The van der Waals surface area contributed by atoms with Crippen LogP contribution in [0.1, 0.15) is 11.1 Å². The third-order valence-electron chi connectivity index (χ3n) is 8.98. The first-order chi connectivity index (χ1) is 21.8. The van der Waals surface area contributed by atoms with Crippen LogP contribution in [0.3, 0.4) is 0 Å². The molecule has 7 aromatic carbocycles. The highest BCUT2D eigenvalue weighted by Crippen LogP contribution is 2.43. The summed E-state index contributed by atoms with van der Waals surface area (Å²) in [6.45, 7) is 0. The monoisotopic (exact) mass is 558 g/mol. The van der Waals surface area contributed by atoms with Crippen molar-refractivity contribution in [1.82, 2.24) is 9.13 Å². The number of rotatable bonds is 2. The largest absolute Gasteiger partial charge is 0.307 e. The zero-order chi connectivity index (χ0) is 29.4. The molecule has 4 nitrogen and oxygen atoms in total. The molecule has 202 valence electrons. The Kier molecular flexibility index (Phi) is 5.00. The summed E-state index contributed by atoms with van der Waals surface area (Å²) in [6.07, 6.45) is 0. The van der Waals surface area contributed by atoms with Gasteiger partial charge in [-0.25, -0.2) is 0 Å². The van der Waals surface area contributed by atoms with Crippen LogP contribution in [0.15, 0.2) is 133 Å². The molecule has 44 heavy (non-hydrogen) atoms. The smallest absolute Gasteiger partial charge is 0.103 e. The zero-order valence-electron chi connectivity index (χ0n) is 23.5. The lowest BCUT2D eigenvalue weighted by Gasteiger charge is -2.19. The maximum absolute atomic E-state index is 10.7. The Balaban J connectivity index is 1.52. The Labute approximate surface area is 252 Å². The van der Waals surface area contributed by atoms with Crippen molar-refractivity contribution in [1.29, 1.82) is 10.5 Å². The van der Waals surface area contributed by atoms with Gasteiger partial charge >= 0.3 is 0 Å². The molecule has 0 aliphatic heterocycles. The molecular weight excluding hydrogens is 536 g/mol. The normalized spacial score (nSPS) is 11.6.